The van der Waals surface area contributed by atoms with E-state index < -0.39 is 5.54 Å². The first-order chi connectivity index (χ1) is 13.9. The van der Waals surface area contributed by atoms with Gasteiger partial charge in [0, 0.05) is 23.3 Å². The molecule has 0 saturated carbocycles. The number of halogens is 1. The molecule has 1 aromatic heterocycles. The second kappa shape index (κ2) is 7.59. The first-order valence-corrected chi connectivity index (χ1v) is 10.3. The SMILES string of the molecule is COC1=C(C)C=C(C2(Cc3cccc(Br)c3)N=C(N)c3nccnc32)CC=C1C. The van der Waals surface area contributed by atoms with Gasteiger partial charge in [0.1, 0.15) is 28.5 Å². The van der Waals surface area contributed by atoms with Gasteiger partial charge >= 0.3 is 0 Å². The average molecular weight is 451 g/mol. The molecular formula is C23H23BrN4O. The van der Waals surface area contributed by atoms with Crippen molar-refractivity contribution in [3.63, 3.8) is 0 Å². The van der Waals surface area contributed by atoms with E-state index in [4.69, 9.17) is 20.4 Å². The third-order valence-electron chi connectivity index (χ3n) is 5.46. The fourth-order valence-electron chi connectivity index (χ4n) is 4.21. The summed E-state index contributed by atoms with van der Waals surface area (Å²) >= 11 is 3.58. The predicted octanol–water partition coefficient (Wildman–Crippen LogP) is 4.59. The molecule has 2 aliphatic rings. The number of benzene rings is 1. The number of nitrogens with two attached hydrogens (primary N) is 1. The first-order valence-electron chi connectivity index (χ1n) is 9.49. The smallest absolute Gasteiger partial charge is 0.147 e. The van der Waals surface area contributed by atoms with Gasteiger partial charge in [-0.2, -0.15) is 0 Å². The molecule has 2 N–H and O–H groups in total. The molecule has 1 aliphatic heterocycles. The van der Waals surface area contributed by atoms with Gasteiger partial charge in [0.15, 0.2) is 0 Å². The first kappa shape index (κ1) is 19.6. The molecule has 2 heterocycles. The summed E-state index contributed by atoms with van der Waals surface area (Å²) in [5.41, 5.74) is 11.6. The lowest BCUT2D eigenvalue weighted by Crippen LogP contribution is -2.29. The molecule has 29 heavy (non-hydrogen) atoms. The van der Waals surface area contributed by atoms with Crippen molar-refractivity contribution in [2.45, 2.75) is 32.2 Å². The zero-order valence-corrected chi connectivity index (χ0v) is 18.3. The second-order valence-electron chi connectivity index (χ2n) is 7.39. The van der Waals surface area contributed by atoms with Crippen LogP contribution in [0.25, 0.3) is 0 Å². The van der Waals surface area contributed by atoms with Crippen LogP contribution in [-0.2, 0) is 16.7 Å². The van der Waals surface area contributed by atoms with Crippen LogP contribution in [0.2, 0.25) is 0 Å². The number of aliphatic imine (C=N–C) groups is 1. The van der Waals surface area contributed by atoms with Gasteiger partial charge in [-0.3, -0.25) is 4.98 Å². The van der Waals surface area contributed by atoms with Crippen LogP contribution in [0.5, 0.6) is 0 Å². The van der Waals surface area contributed by atoms with Gasteiger partial charge in [-0.1, -0.05) is 40.2 Å². The molecule has 0 spiro atoms. The molecule has 1 atom stereocenters. The van der Waals surface area contributed by atoms with Crippen molar-refractivity contribution in [3.05, 3.63) is 92.7 Å². The van der Waals surface area contributed by atoms with Crippen LogP contribution in [-0.4, -0.2) is 22.9 Å². The molecule has 0 fully saturated rings. The Hall–Kier alpha value is -2.73. The lowest BCUT2D eigenvalue weighted by atomic mass is 9.79. The highest BCUT2D eigenvalue weighted by Crippen LogP contribution is 2.45. The summed E-state index contributed by atoms with van der Waals surface area (Å²) in [5, 5.41) is 0. The molecule has 0 saturated heterocycles. The Balaban J connectivity index is 1.93. The van der Waals surface area contributed by atoms with E-state index in [0.717, 1.165) is 44.6 Å². The molecule has 148 valence electrons. The van der Waals surface area contributed by atoms with Crippen molar-refractivity contribution in [2.24, 2.45) is 10.7 Å². The van der Waals surface area contributed by atoms with Crippen LogP contribution in [0.15, 0.2) is 80.8 Å². The summed E-state index contributed by atoms with van der Waals surface area (Å²) in [7, 11) is 1.71. The zero-order chi connectivity index (χ0) is 20.6. The van der Waals surface area contributed by atoms with Gasteiger partial charge in [-0.25, -0.2) is 9.98 Å². The topological polar surface area (TPSA) is 73.4 Å². The van der Waals surface area contributed by atoms with Crippen LogP contribution >= 0.6 is 15.9 Å². The van der Waals surface area contributed by atoms with Crippen LogP contribution < -0.4 is 5.73 Å². The Morgan fingerprint density at radius 1 is 1.21 bits per heavy atom. The highest BCUT2D eigenvalue weighted by molar-refractivity contribution is 9.10. The lowest BCUT2D eigenvalue weighted by Gasteiger charge is -2.29. The van der Waals surface area contributed by atoms with Gasteiger partial charge in [-0.15, -0.1) is 0 Å². The minimum atomic E-state index is -0.699. The van der Waals surface area contributed by atoms with Gasteiger partial charge in [-0.05, 0) is 54.7 Å². The Bertz CT molecular complexity index is 1100. The number of rotatable bonds is 4. The predicted molar refractivity (Wildman–Crippen MR) is 118 cm³/mol. The molecule has 5 nitrogen and oxygen atoms in total. The van der Waals surface area contributed by atoms with Crippen molar-refractivity contribution in [2.75, 3.05) is 7.11 Å². The fraction of sp³-hybridized carbons (Fsp3) is 0.261. The van der Waals surface area contributed by atoms with Crippen LogP contribution in [0, 0.1) is 0 Å². The Morgan fingerprint density at radius 3 is 2.76 bits per heavy atom. The average Bonchev–Trinajstić information content (AvgIpc) is 2.89. The van der Waals surface area contributed by atoms with E-state index in [9.17, 15) is 0 Å². The number of hydrogen-bond acceptors (Lipinski definition) is 5. The van der Waals surface area contributed by atoms with E-state index in [1.165, 1.54) is 0 Å². The summed E-state index contributed by atoms with van der Waals surface area (Å²) in [6.45, 7) is 4.13. The van der Waals surface area contributed by atoms with E-state index in [0.29, 0.717) is 18.0 Å². The standard InChI is InChI=1S/C23H23BrN4O/c1-14-7-8-17(11-15(2)20(14)29-3)23(13-16-5-4-6-18(24)12-16)21-19(22(25)28-23)26-9-10-27-21/h4-7,9-12H,8,13H2,1-3H3,(H2,25,28). The number of ether oxygens (including phenoxy) is 1. The van der Waals surface area contributed by atoms with Crippen LogP contribution in [0.4, 0.5) is 0 Å². The molecular weight excluding hydrogens is 428 g/mol. The molecule has 6 heteroatoms. The minimum absolute atomic E-state index is 0.433. The molecule has 1 aliphatic carbocycles. The number of methoxy groups -OCH3 is 1. The maximum atomic E-state index is 6.33. The lowest BCUT2D eigenvalue weighted by molar-refractivity contribution is 0.297. The number of hydrogen-bond donors (Lipinski definition) is 1. The summed E-state index contributed by atoms with van der Waals surface area (Å²) in [6, 6.07) is 8.27. The molecule has 2 aromatic rings. The van der Waals surface area contributed by atoms with Crippen molar-refractivity contribution in [1.29, 1.82) is 0 Å². The molecule has 1 aromatic carbocycles. The largest absolute Gasteiger partial charge is 0.496 e. The number of fused-ring (bicyclic) bond motifs is 1. The number of allylic oxidation sites excluding steroid dienone is 4. The van der Waals surface area contributed by atoms with Gasteiger partial charge in [0.05, 0.1) is 7.11 Å². The normalized spacial score (nSPS) is 21.2. The van der Waals surface area contributed by atoms with Gasteiger partial charge < -0.3 is 10.5 Å². The highest BCUT2D eigenvalue weighted by Gasteiger charge is 2.45. The van der Waals surface area contributed by atoms with Crippen LogP contribution in [0.1, 0.15) is 37.2 Å². The summed E-state index contributed by atoms with van der Waals surface area (Å²) in [6.07, 6.45) is 9.11. The molecule has 0 amide bonds. The maximum absolute atomic E-state index is 6.33. The second-order valence-corrected chi connectivity index (χ2v) is 8.31. The molecule has 0 bridgehead atoms. The fourth-order valence-corrected chi connectivity index (χ4v) is 4.65. The summed E-state index contributed by atoms with van der Waals surface area (Å²) in [4.78, 5) is 14.1. The highest BCUT2D eigenvalue weighted by atomic mass is 79.9. The number of aromatic nitrogens is 2. The van der Waals surface area contributed by atoms with Crippen molar-refractivity contribution in [1.82, 2.24) is 9.97 Å². The van der Waals surface area contributed by atoms with Crippen molar-refractivity contribution in [3.8, 4) is 0 Å². The minimum Gasteiger partial charge on any atom is -0.496 e. The van der Waals surface area contributed by atoms with Gasteiger partial charge in [0.25, 0.3) is 0 Å². The van der Waals surface area contributed by atoms with Crippen molar-refractivity contribution < 1.29 is 4.74 Å². The number of nitrogens with zero attached hydrogens (tertiary/aromatic N) is 3. The van der Waals surface area contributed by atoms with Gasteiger partial charge in [0.2, 0.25) is 0 Å². The Labute approximate surface area is 179 Å². The quantitative estimate of drug-likeness (QED) is 0.738. The van der Waals surface area contributed by atoms with Crippen LogP contribution in [0.3, 0.4) is 0 Å². The Kier molecular flexibility index (Phi) is 5.13. The number of amidine groups is 1. The zero-order valence-electron chi connectivity index (χ0n) is 16.7. The third-order valence-corrected chi connectivity index (χ3v) is 5.96. The van der Waals surface area contributed by atoms with E-state index in [1.807, 2.05) is 12.1 Å². The van der Waals surface area contributed by atoms with E-state index in [1.54, 1.807) is 19.5 Å². The molecule has 0 radical (unpaired) electrons. The maximum Gasteiger partial charge on any atom is 0.147 e. The molecule has 4 rings (SSSR count). The summed E-state index contributed by atoms with van der Waals surface area (Å²) < 4.78 is 6.67. The van der Waals surface area contributed by atoms with E-state index in [2.05, 4.69) is 59.0 Å². The van der Waals surface area contributed by atoms with E-state index in [-0.39, 0.29) is 0 Å². The molecule has 1 unspecified atom stereocenters. The summed E-state index contributed by atoms with van der Waals surface area (Å²) in [5.74, 6) is 1.33. The third kappa shape index (κ3) is 3.42. The van der Waals surface area contributed by atoms with Crippen molar-refractivity contribution >= 4 is 21.8 Å². The van der Waals surface area contributed by atoms with E-state index >= 15 is 0 Å². The Morgan fingerprint density at radius 2 is 2.00 bits per heavy atom. The monoisotopic (exact) mass is 450 g/mol.